The monoisotopic (exact) mass is 274 g/mol. The van der Waals surface area contributed by atoms with Crippen LogP contribution in [0.25, 0.3) is 0 Å². The molecular formula is C10H12BrFN2O. The minimum Gasteiger partial charge on any atom is -0.291 e. The average molecular weight is 275 g/mol. The third-order valence-corrected chi connectivity index (χ3v) is 2.56. The molecule has 0 fully saturated rings. The fourth-order valence-electron chi connectivity index (χ4n) is 1.22. The topological polar surface area (TPSA) is 41.1 Å². The number of amides is 1. The molecule has 0 saturated carbocycles. The van der Waals surface area contributed by atoms with E-state index in [0.29, 0.717) is 5.56 Å². The molecule has 0 saturated heterocycles. The van der Waals surface area contributed by atoms with Gasteiger partial charge in [0, 0.05) is 17.1 Å². The van der Waals surface area contributed by atoms with Crippen LogP contribution in [-0.2, 0) is 4.79 Å². The minimum atomic E-state index is -0.532. The summed E-state index contributed by atoms with van der Waals surface area (Å²) in [6.45, 7) is 1.65. The zero-order valence-electron chi connectivity index (χ0n) is 8.47. The number of hydrogen-bond acceptors (Lipinski definition) is 2. The molecule has 0 spiro atoms. The second-order valence-electron chi connectivity index (χ2n) is 3.13. The van der Waals surface area contributed by atoms with Crippen LogP contribution in [0.5, 0.6) is 0 Å². The number of hydrazine groups is 1. The molecule has 0 radical (unpaired) electrons. The summed E-state index contributed by atoms with van der Waals surface area (Å²) in [6.07, 6.45) is 0. The number of hydrogen-bond donors (Lipinski definition) is 2. The molecule has 3 nitrogen and oxygen atoms in total. The maximum atomic E-state index is 13.4. The third-order valence-electron chi connectivity index (χ3n) is 2.07. The van der Waals surface area contributed by atoms with Crippen LogP contribution in [-0.4, -0.2) is 13.0 Å². The Balaban J connectivity index is 2.94. The van der Waals surface area contributed by atoms with E-state index in [1.165, 1.54) is 6.07 Å². The lowest BCUT2D eigenvalue weighted by Gasteiger charge is -2.12. The lowest BCUT2D eigenvalue weighted by molar-refractivity contribution is -0.123. The summed E-state index contributed by atoms with van der Waals surface area (Å²) in [5, 5.41) is 0. The van der Waals surface area contributed by atoms with Crippen molar-refractivity contribution < 1.29 is 9.18 Å². The van der Waals surface area contributed by atoms with E-state index < -0.39 is 5.92 Å². The van der Waals surface area contributed by atoms with Crippen molar-refractivity contribution in [3.63, 3.8) is 0 Å². The Labute approximate surface area is 96.2 Å². The van der Waals surface area contributed by atoms with Crippen LogP contribution >= 0.6 is 15.9 Å². The van der Waals surface area contributed by atoms with Gasteiger partial charge in [-0.15, -0.1) is 0 Å². The predicted molar refractivity (Wildman–Crippen MR) is 59.7 cm³/mol. The van der Waals surface area contributed by atoms with Crippen molar-refractivity contribution >= 4 is 21.8 Å². The summed E-state index contributed by atoms with van der Waals surface area (Å²) >= 11 is 3.24. The van der Waals surface area contributed by atoms with E-state index in [1.807, 2.05) is 0 Å². The minimum absolute atomic E-state index is 0.269. The molecule has 5 heteroatoms. The highest BCUT2D eigenvalue weighted by atomic mass is 79.9. The van der Waals surface area contributed by atoms with E-state index in [2.05, 4.69) is 26.8 Å². The van der Waals surface area contributed by atoms with Crippen molar-refractivity contribution in [3.8, 4) is 0 Å². The first kappa shape index (κ1) is 12.1. The first-order chi connectivity index (χ1) is 7.06. The Kier molecular flexibility index (Phi) is 4.23. The second kappa shape index (κ2) is 5.23. The predicted octanol–water partition coefficient (Wildman–Crippen LogP) is 1.94. The van der Waals surface area contributed by atoms with Crippen LogP contribution in [0.15, 0.2) is 22.7 Å². The van der Waals surface area contributed by atoms with Gasteiger partial charge in [0.25, 0.3) is 0 Å². The summed E-state index contributed by atoms with van der Waals surface area (Å²) in [5.74, 6) is -1.18. The van der Waals surface area contributed by atoms with E-state index in [9.17, 15) is 9.18 Å². The van der Waals surface area contributed by atoms with Crippen molar-refractivity contribution in [3.05, 3.63) is 34.1 Å². The fraction of sp³-hybridized carbons (Fsp3) is 0.300. The number of rotatable bonds is 3. The van der Waals surface area contributed by atoms with Crippen molar-refractivity contribution in [2.75, 3.05) is 7.05 Å². The van der Waals surface area contributed by atoms with Crippen LogP contribution in [0.3, 0.4) is 0 Å². The van der Waals surface area contributed by atoms with E-state index >= 15 is 0 Å². The number of nitrogens with one attached hydrogen (secondary N) is 2. The molecule has 2 N–H and O–H groups in total. The number of halogens is 2. The van der Waals surface area contributed by atoms with Crippen molar-refractivity contribution in [2.24, 2.45) is 0 Å². The molecule has 1 atom stereocenters. The van der Waals surface area contributed by atoms with Crippen LogP contribution < -0.4 is 10.9 Å². The molecule has 1 amide bonds. The van der Waals surface area contributed by atoms with Gasteiger partial charge in [0.05, 0.1) is 5.92 Å². The molecule has 1 unspecified atom stereocenters. The van der Waals surface area contributed by atoms with Gasteiger partial charge < -0.3 is 0 Å². The molecule has 1 rings (SSSR count). The number of carbonyl (C=O) groups excluding carboxylic acids is 1. The van der Waals surface area contributed by atoms with Crippen LogP contribution in [0, 0.1) is 5.82 Å². The first-order valence-electron chi connectivity index (χ1n) is 4.47. The van der Waals surface area contributed by atoms with Gasteiger partial charge in [0.2, 0.25) is 5.91 Å². The maximum Gasteiger partial charge on any atom is 0.241 e. The van der Waals surface area contributed by atoms with Crippen molar-refractivity contribution in [2.45, 2.75) is 12.8 Å². The lowest BCUT2D eigenvalue weighted by Crippen LogP contribution is -2.37. The Morgan fingerprint density at radius 3 is 2.80 bits per heavy atom. The smallest absolute Gasteiger partial charge is 0.241 e. The third kappa shape index (κ3) is 3.00. The van der Waals surface area contributed by atoms with Crippen LogP contribution in [0.4, 0.5) is 4.39 Å². The van der Waals surface area contributed by atoms with Crippen molar-refractivity contribution in [1.82, 2.24) is 10.9 Å². The molecule has 0 aliphatic heterocycles. The van der Waals surface area contributed by atoms with E-state index in [4.69, 9.17) is 0 Å². The normalized spacial score (nSPS) is 12.3. The Morgan fingerprint density at radius 1 is 1.53 bits per heavy atom. The molecule has 0 aromatic heterocycles. The first-order valence-corrected chi connectivity index (χ1v) is 5.27. The largest absolute Gasteiger partial charge is 0.291 e. The Morgan fingerprint density at radius 2 is 2.20 bits per heavy atom. The molecule has 15 heavy (non-hydrogen) atoms. The maximum absolute atomic E-state index is 13.4. The van der Waals surface area contributed by atoms with E-state index in [-0.39, 0.29) is 11.7 Å². The number of carbonyl (C=O) groups is 1. The van der Waals surface area contributed by atoms with Gasteiger partial charge in [0.1, 0.15) is 5.82 Å². The van der Waals surface area contributed by atoms with Gasteiger partial charge >= 0.3 is 0 Å². The fourth-order valence-corrected chi connectivity index (χ4v) is 1.60. The van der Waals surface area contributed by atoms with Crippen LogP contribution in [0.2, 0.25) is 0 Å². The quantitative estimate of drug-likeness (QED) is 0.828. The van der Waals surface area contributed by atoms with Gasteiger partial charge in [-0.25, -0.2) is 9.82 Å². The number of benzene rings is 1. The summed E-state index contributed by atoms with van der Waals surface area (Å²) in [4.78, 5) is 11.5. The molecule has 1 aromatic carbocycles. The highest BCUT2D eigenvalue weighted by Crippen LogP contribution is 2.23. The average Bonchev–Trinajstić information content (AvgIpc) is 2.21. The summed E-state index contributed by atoms with van der Waals surface area (Å²) in [5.41, 5.74) is 5.31. The standard InChI is InChI=1S/C10H12BrFN2O/c1-6(10(15)14-13-2)8-5-7(11)3-4-9(8)12/h3-6,13H,1-2H3,(H,14,15). The molecular weight excluding hydrogens is 263 g/mol. The molecule has 1 aromatic rings. The van der Waals surface area contributed by atoms with Gasteiger partial charge in [-0.05, 0) is 25.1 Å². The van der Waals surface area contributed by atoms with E-state index in [0.717, 1.165) is 4.47 Å². The molecule has 0 aliphatic carbocycles. The molecule has 0 heterocycles. The Bertz CT molecular complexity index is 370. The second-order valence-corrected chi connectivity index (χ2v) is 4.04. The molecule has 0 aliphatic rings. The van der Waals surface area contributed by atoms with Gasteiger partial charge in [0.15, 0.2) is 0 Å². The van der Waals surface area contributed by atoms with Gasteiger partial charge in [-0.3, -0.25) is 10.2 Å². The highest BCUT2D eigenvalue weighted by molar-refractivity contribution is 9.10. The highest BCUT2D eigenvalue weighted by Gasteiger charge is 2.18. The molecule has 82 valence electrons. The van der Waals surface area contributed by atoms with Crippen LogP contribution in [0.1, 0.15) is 18.4 Å². The SMILES string of the molecule is CNNC(=O)C(C)c1cc(Br)ccc1F. The lowest BCUT2D eigenvalue weighted by atomic mass is 10.0. The summed E-state index contributed by atoms with van der Waals surface area (Å²) < 4.78 is 14.2. The van der Waals surface area contributed by atoms with Gasteiger partial charge in [-0.1, -0.05) is 15.9 Å². The van der Waals surface area contributed by atoms with Gasteiger partial charge in [-0.2, -0.15) is 0 Å². The zero-order valence-corrected chi connectivity index (χ0v) is 10.1. The van der Waals surface area contributed by atoms with E-state index in [1.54, 1.807) is 26.1 Å². The van der Waals surface area contributed by atoms with Crippen molar-refractivity contribution in [1.29, 1.82) is 0 Å². The Hall–Kier alpha value is -0.940. The summed E-state index contributed by atoms with van der Waals surface area (Å²) in [7, 11) is 1.59. The zero-order chi connectivity index (χ0) is 11.4. The summed E-state index contributed by atoms with van der Waals surface area (Å²) in [6, 6.07) is 4.54. The molecule has 0 bridgehead atoms.